The van der Waals surface area contributed by atoms with Crippen molar-refractivity contribution in [3.8, 4) is 22.9 Å². The van der Waals surface area contributed by atoms with Crippen molar-refractivity contribution in [3.05, 3.63) is 95.2 Å². The third-order valence-corrected chi connectivity index (χ3v) is 7.54. The Morgan fingerprint density at radius 1 is 0.914 bits per heavy atom. The Labute approximate surface area is 209 Å². The molecule has 35 heavy (non-hydrogen) atoms. The number of anilines is 1. The van der Waals surface area contributed by atoms with E-state index in [0.717, 1.165) is 51.1 Å². The number of carbonyl (C=O) groups is 1. The predicted molar refractivity (Wildman–Crippen MR) is 140 cm³/mol. The van der Waals surface area contributed by atoms with Gasteiger partial charge in [-0.1, -0.05) is 30.3 Å². The van der Waals surface area contributed by atoms with Gasteiger partial charge in [0.2, 0.25) is 5.91 Å². The molecule has 1 aliphatic heterocycles. The number of hydrogen-bond donors (Lipinski definition) is 1. The van der Waals surface area contributed by atoms with E-state index >= 15 is 0 Å². The molecule has 0 saturated carbocycles. The summed E-state index contributed by atoms with van der Waals surface area (Å²) in [5.41, 5.74) is 5.06. The number of fused-ring (bicyclic) bond motifs is 1. The molecule has 0 unspecified atom stereocenters. The average molecular weight is 486 g/mol. The van der Waals surface area contributed by atoms with Crippen molar-refractivity contribution in [2.24, 2.45) is 0 Å². The zero-order chi connectivity index (χ0) is 24.5. The van der Waals surface area contributed by atoms with Gasteiger partial charge in [0, 0.05) is 5.56 Å². The number of aryl methyl sites for hydroxylation is 2. The SMILES string of the molecule is COc1ccc(Oc2ccc([C@H]3S[C@@H](C)C(=O)Nc4c3c(C)nn4-c3ccccc3C)cc2)cc1. The molecule has 6 nitrogen and oxygen atoms in total. The Kier molecular flexibility index (Phi) is 6.26. The molecule has 4 aromatic rings. The van der Waals surface area contributed by atoms with Crippen molar-refractivity contribution in [2.75, 3.05) is 12.4 Å². The van der Waals surface area contributed by atoms with E-state index in [4.69, 9.17) is 14.6 Å². The van der Waals surface area contributed by atoms with Crippen molar-refractivity contribution >= 4 is 23.5 Å². The van der Waals surface area contributed by atoms with E-state index in [1.165, 1.54) is 0 Å². The summed E-state index contributed by atoms with van der Waals surface area (Å²) in [4.78, 5) is 12.9. The van der Waals surface area contributed by atoms with Crippen LogP contribution in [0.25, 0.3) is 5.69 Å². The molecule has 0 radical (unpaired) electrons. The molecule has 1 N–H and O–H groups in total. The molecule has 0 fully saturated rings. The van der Waals surface area contributed by atoms with Gasteiger partial charge in [0.05, 0.1) is 29.0 Å². The van der Waals surface area contributed by atoms with E-state index < -0.39 is 0 Å². The quantitative estimate of drug-likeness (QED) is 0.352. The van der Waals surface area contributed by atoms with E-state index in [9.17, 15) is 4.79 Å². The van der Waals surface area contributed by atoms with Gasteiger partial charge in [-0.15, -0.1) is 11.8 Å². The Balaban J connectivity index is 1.50. The maximum absolute atomic E-state index is 12.9. The third-order valence-electron chi connectivity index (χ3n) is 6.14. The number of para-hydroxylation sites is 1. The van der Waals surface area contributed by atoms with Crippen LogP contribution in [0, 0.1) is 13.8 Å². The van der Waals surface area contributed by atoms with Crippen LogP contribution in [0.2, 0.25) is 0 Å². The summed E-state index contributed by atoms with van der Waals surface area (Å²) in [5, 5.41) is 7.72. The number of nitrogens with one attached hydrogen (secondary N) is 1. The van der Waals surface area contributed by atoms with Gasteiger partial charge in [-0.2, -0.15) is 5.10 Å². The maximum atomic E-state index is 12.9. The number of rotatable bonds is 5. The smallest absolute Gasteiger partial charge is 0.238 e. The normalized spacial score (nSPS) is 17.3. The fourth-order valence-electron chi connectivity index (χ4n) is 4.24. The van der Waals surface area contributed by atoms with E-state index in [2.05, 4.69) is 17.4 Å². The van der Waals surface area contributed by atoms with Crippen LogP contribution < -0.4 is 14.8 Å². The first-order chi connectivity index (χ1) is 16.9. The van der Waals surface area contributed by atoms with Gasteiger partial charge in [0.15, 0.2) is 0 Å². The van der Waals surface area contributed by atoms with Crippen molar-refractivity contribution in [2.45, 2.75) is 31.3 Å². The Bertz CT molecular complexity index is 1360. The fraction of sp³-hybridized carbons (Fsp3) is 0.214. The van der Waals surface area contributed by atoms with Gasteiger partial charge in [-0.25, -0.2) is 4.68 Å². The van der Waals surface area contributed by atoms with Gasteiger partial charge >= 0.3 is 0 Å². The second kappa shape index (κ2) is 9.50. The molecule has 1 aliphatic rings. The number of hydrogen-bond acceptors (Lipinski definition) is 5. The van der Waals surface area contributed by atoms with Crippen LogP contribution in [-0.4, -0.2) is 28.0 Å². The lowest BCUT2D eigenvalue weighted by molar-refractivity contribution is -0.115. The van der Waals surface area contributed by atoms with E-state index in [-0.39, 0.29) is 16.4 Å². The topological polar surface area (TPSA) is 65.4 Å². The second-order valence-corrected chi connectivity index (χ2v) is 9.99. The average Bonchev–Trinajstić information content (AvgIpc) is 3.11. The van der Waals surface area contributed by atoms with Crippen molar-refractivity contribution < 1.29 is 14.3 Å². The molecule has 0 bridgehead atoms. The summed E-state index contributed by atoms with van der Waals surface area (Å²) in [6, 6.07) is 23.6. The zero-order valence-corrected chi connectivity index (χ0v) is 20.9. The van der Waals surface area contributed by atoms with E-state index in [1.54, 1.807) is 18.9 Å². The monoisotopic (exact) mass is 485 g/mol. The number of methoxy groups -OCH3 is 1. The summed E-state index contributed by atoms with van der Waals surface area (Å²) in [6.45, 7) is 6.00. The lowest BCUT2D eigenvalue weighted by atomic mass is 10.0. The zero-order valence-electron chi connectivity index (χ0n) is 20.1. The minimum atomic E-state index is -0.215. The Morgan fingerprint density at radius 2 is 1.54 bits per heavy atom. The fourth-order valence-corrected chi connectivity index (χ4v) is 5.56. The summed E-state index contributed by atoms with van der Waals surface area (Å²) < 4.78 is 13.1. The molecular formula is C28H27N3O3S. The van der Waals surface area contributed by atoms with Gasteiger partial charge in [-0.05, 0) is 74.4 Å². The largest absolute Gasteiger partial charge is 0.497 e. The highest BCUT2D eigenvalue weighted by molar-refractivity contribution is 8.01. The number of ether oxygens (including phenoxy) is 2. The highest BCUT2D eigenvalue weighted by Crippen LogP contribution is 2.46. The lowest BCUT2D eigenvalue weighted by Crippen LogP contribution is -2.22. The van der Waals surface area contributed by atoms with E-state index in [0.29, 0.717) is 0 Å². The first kappa shape index (κ1) is 23.1. The van der Waals surface area contributed by atoms with Gasteiger partial charge in [0.1, 0.15) is 23.1 Å². The second-order valence-electron chi connectivity index (χ2n) is 8.54. The Morgan fingerprint density at radius 3 is 2.20 bits per heavy atom. The van der Waals surface area contributed by atoms with Crippen LogP contribution in [0.1, 0.15) is 34.6 Å². The van der Waals surface area contributed by atoms with Crippen molar-refractivity contribution in [1.29, 1.82) is 0 Å². The molecule has 7 heteroatoms. The van der Waals surface area contributed by atoms with Crippen molar-refractivity contribution in [1.82, 2.24) is 9.78 Å². The third kappa shape index (κ3) is 4.51. The predicted octanol–water partition coefficient (Wildman–Crippen LogP) is 6.45. The molecule has 2 heterocycles. The van der Waals surface area contributed by atoms with Crippen LogP contribution >= 0.6 is 11.8 Å². The first-order valence-electron chi connectivity index (χ1n) is 11.5. The summed E-state index contributed by atoms with van der Waals surface area (Å²) >= 11 is 1.63. The number of nitrogens with zero attached hydrogens (tertiary/aromatic N) is 2. The summed E-state index contributed by atoms with van der Waals surface area (Å²) in [7, 11) is 1.64. The number of thioether (sulfide) groups is 1. The molecular weight excluding hydrogens is 458 g/mol. The molecule has 1 amide bonds. The molecule has 1 aromatic heterocycles. The summed E-state index contributed by atoms with van der Waals surface area (Å²) in [6.07, 6.45) is 0. The molecule has 0 spiro atoms. The Hall–Kier alpha value is -3.71. The lowest BCUT2D eigenvalue weighted by Gasteiger charge is -2.18. The number of amides is 1. The number of benzene rings is 3. The highest BCUT2D eigenvalue weighted by Gasteiger charge is 2.34. The maximum Gasteiger partial charge on any atom is 0.238 e. The van der Waals surface area contributed by atoms with Crippen LogP contribution in [0.3, 0.4) is 0 Å². The number of aromatic nitrogens is 2. The minimum absolute atomic E-state index is 0.0204. The number of carbonyl (C=O) groups excluding carboxylic acids is 1. The van der Waals surface area contributed by atoms with Gasteiger partial charge < -0.3 is 14.8 Å². The molecule has 3 aromatic carbocycles. The molecule has 0 aliphatic carbocycles. The van der Waals surface area contributed by atoms with Crippen LogP contribution in [0.5, 0.6) is 17.2 Å². The van der Waals surface area contributed by atoms with Crippen LogP contribution in [0.15, 0.2) is 72.8 Å². The molecule has 178 valence electrons. The molecule has 2 atom stereocenters. The summed E-state index contributed by atoms with van der Waals surface area (Å²) in [5.74, 6) is 2.98. The van der Waals surface area contributed by atoms with Gasteiger partial charge in [0.25, 0.3) is 0 Å². The standard InChI is InChI=1S/C28H27N3O3S/c1-17-7-5-6-8-24(17)31-27-25(18(2)30-31)26(35-19(3)28(32)29-27)20-9-11-22(12-10-20)34-23-15-13-21(33-4)14-16-23/h5-16,19,26H,1-4H3,(H,29,32)/t19-,26+/m0/s1. The first-order valence-corrected chi connectivity index (χ1v) is 12.4. The van der Waals surface area contributed by atoms with Crippen LogP contribution in [-0.2, 0) is 4.79 Å². The van der Waals surface area contributed by atoms with Crippen LogP contribution in [0.4, 0.5) is 5.82 Å². The van der Waals surface area contributed by atoms with E-state index in [1.807, 2.05) is 86.1 Å². The van der Waals surface area contributed by atoms with Crippen molar-refractivity contribution in [3.63, 3.8) is 0 Å². The highest BCUT2D eigenvalue weighted by atomic mass is 32.2. The molecule has 5 rings (SSSR count). The minimum Gasteiger partial charge on any atom is -0.497 e. The van der Waals surface area contributed by atoms with Gasteiger partial charge in [-0.3, -0.25) is 4.79 Å². The molecule has 0 saturated heterocycles.